The molecule has 5 nitrogen and oxygen atoms in total. The molecule has 0 aliphatic heterocycles. The highest BCUT2D eigenvalue weighted by atomic mass is 16.3. The van der Waals surface area contributed by atoms with E-state index in [0.717, 1.165) is 0 Å². The predicted molar refractivity (Wildman–Crippen MR) is 75.5 cm³/mol. The van der Waals surface area contributed by atoms with E-state index in [-0.39, 0.29) is 0 Å². The highest BCUT2D eigenvalue weighted by molar-refractivity contribution is 4.80. The van der Waals surface area contributed by atoms with Gasteiger partial charge in [-0.2, -0.15) is 0 Å². The molecule has 0 saturated carbocycles. The predicted octanol–water partition coefficient (Wildman–Crippen LogP) is 0.179. The number of nitrogens with two attached hydrogens (primary N) is 1. The number of nitrogens with zero attached hydrogens (tertiary/aromatic N) is 1. The molecule has 0 heterocycles. The Kier molecular flexibility index (Phi) is 14.8. The van der Waals surface area contributed by atoms with Crippen molar-refractivity contribution in [1.29, 1.82) is 0 Å². The summed E-state index contributed by atoms with van der Waals surface area (Å²) in [4.78, 5) is 2.54. The molecule has 0 radical (unpaired) electrons. The molecule has 0 spiro atoms. The lowest BCUT2D eigenvalue weighted by Crippen LogP contribution is -2.50. The van der Waals surface area contributed by atoms with E-state index >= 15 is 0 Å². The van der Waals surface area contributed by atoms with Crippen molar-refractivity contribution in [3.63, 3.8) is 0 Å². The lowest BCUT2D eigenvalue weighted by molar-refractivity contribution is 0.0698. The molecule has 5 N–H and O–H groups in total. The molecular formula is C13H32N2O3. The van der Waals surface area contributed by atoms with Crippen LogP contribution in [-0.2, 0) is 0 Å². The number of hydrogen-bond donors (Lipinski definition) is 4. The van der Waals surface area contributed by atoms with Gasteiger partial charge in [0.15, 0.2) is 0 Å². The van der Waals surface area contributed by atoms with E-state index in [1.807, 2.05) is 0 Å². The van der Waals surface area contributed by atoms with Gasteiger partial charge in [0.2, 0.25) is 0 Å². The Hall–Kier alpha value is -0.200. The minimum atomic E-state index is -1.21. The maximum Gasteiger partial charge on any atom is 0.0856 e. The van der Waals surface area contributed by atoms with Gasteiger partial charge < -0.3 is 26.0 Å². The Balaban J connectivity index is 0. The summed E-state index contributed by atoms with van der Waals surface area (Å²) in [6.45, 7) is 9.37. The van der Waals surface area contributed by atoms with Crippen LogP contribution < -0.4 is 5.73 Å². The Morgan fingerprint density at radius 2 is 1.06 bits per heavy atom. The maximum atomic E-state index is 8.34. The lowest BCUT2D eigenvalue weighted by atomic mass is 10.1. The molecule has 0 aliphatic carbocycles. The zero-order chi connectivity index (χ0) is 14.4. The van der Waals surface area contributed by atoms with Gasteiger partial charge in [-0.05, 0) is 38.9 Å². The smallest absolute Gasteiger partial charge is 0.0856 e. The first-order chi connectivity index (χ1) is 8.53. The van der Waals surface area contributed by atoms with Crippen LogP contribution in [0.4, 0.5) is 0 Å². The largest absolute Gasteiger partial charge is 0.394 e. The van der Waals surface area contributed by atoms with E-state index in [9.17, 15) is 0 Å². The number of hydrogen-bond acceptors (Lipinski definition) is 5. The quantitative estimate of drug-likeness (QED) is 0.477. The second-order valence-corrected chi connectivity index (χ2v) is 4.68. The van der Waals surface area contributed by atoms with Crippen LogP contribution in [0, 0.1) is 0 Å². The lowest BCUT2D eigenvalue weighted by Gasteiger charge is -2.20. The summed E-state index contributed by atoms with van der Waals surface area (Å²) < 4.78 is 0. The van der Waals surface area contributed by atoms with Crippen molar-refractivity contribution < 1.29 is 15.3 Å². The molecule has 0 aromatic rings. The van der Waals surface area contributed by atoms with Crippen LogP contribution in [0.15, 0.2) is 0 Å². The number of aliphatic hydroxyl groups is 3. The summed E-state index contributed by atoms with van der Waals surface area (Å²) in [5.41, 5.74) is 3.94. The van der Waals surface area contributed by atoms with Gasteiger partial charge in [-0.25, -0.2) is 0 Å². The molecule has 0 aromatic carbocycles. The number of aliphatic hydroxyl groups excluding tert-OH is 3. The van der Waals surface area contributed by atoms with Crippen LogP contribution in [0.2, 0.25) is 0 Å². The van der Waals surface area contributed by atoms with E-state index in [1.54, 1.807) is 0 Å². The van der Waals surface area contributed by atoms with E-state index in [4.69, 9.17) is 21.1 Å². The summed E-state index contributed by atoms with van der Waals surface area (Å²) in [5.74, 6) is 0. The van der Waals surface area contributed by atoms with Gasteiger partial charge in [0.1, 0.15) is 0 Å². The van der Waals surface area contributed by atoms with Crippen molar-refractivity contribution in [2.45, 2.75) is 45.6 Å². The van der Waals surface area contributed by atoms with E-state index in [2.05, 4.69) is 25.7 Å². The summed E-state index contributed by atoms with van der Waals surface area (Å²) in [5, 5.41) is 25.0. The third-order valence-corrected chi connectivity index (χ3v) is 2.56. The van der Waals surface area contributed by atoms with Crippen molar-refractivity contribution in [1.82, 2.24) is 4.90 Å². The zero-order valence-corrected chi connectivity index (χ0v) is 12.2. The van der Waals surface area contributed by atoms with Crippen LogP contribution >= 0.6 is 0 Å². The Labute approximate surface area is 112 Å². The highest BCUT2D eigenvalue weighted by Gasteiger charge is 2.20. The third-order valence-electron chi connectivity index (χ3n) is 2.56. The van der Waals surface area contributed by atoms with Crippen molar-refractivity contribution in [2.24, 2.45) is 5.73 Å². The van der Waals surface area contributed by atoms with E-state index in [0.29, 0.717) is 0 Å². The molecule has 5 heteroatoms. The second kappa shape index (κ2) is 13.2. The van der Waals surface area contributed by atoms with E-state index in [1.165, 1.54) is 38.9 Å². The van der Waals surface area contributed by atoms with Crippen molar-refractivity contribution in [3.05, 3.63) is 0 Å². The topological polar surface area (TPSA) is 90.0 Å². The molecule has 0 bridgehead atoms. The monoisotopic (exact) mass is 264 g/mol. The van der Waals surface area contributed by atoms with E-state index < -0.39 is 25.4 Å². The van der Waals surface area contributed by atoms with Gasteiger partial charge in [0.05, 0.1) is 25.4 Å². The van der Waals surface area contributed by atoms with Crippen LogP contribution in [0.25, 0.3) is 0 Å². The SMILES string of the molecule is CCCN(CCC)CCC.NC(CO)(CO)CO. The van der Waals surface area contributed by atoms with Gasteiger partial charge in [0, 0.05) is 0 Å². The second-order valence-electron chi connectivity index (χ2n) is 4.68. The fraction of sp³-hybridized carbons (Fsp3) is 1.00. The fourth-order valence-corrected chi connectivity index (χ4v) is 1.43. The first-order valence-electron chi connectivity index (χ1n) is 6.87. The summed E-state index contributed by atoms with van der Waals surface area (Å²) in [7, 11) is 0. The zero-order valence-electron chi connectivity index (χ0n) is 12.2. The molecule has 18 heavy (non-hydrogen) atoms. The van der Waals surface area contributed by atoms with Crippen LogP contribution in [0.3, 0.4) is 0 Å². The molecule has 0 saturated heterocycles. The van der Waals surface area contributed by atoms with Crippen molar-refractivity contribution >= 4 is 0 Å². The highest BCUT2D eigenvalue weighted by Crippen LogP contribution is 1.95. The fourth-order valence-electron chi connectivity index (χ4n) is 1.43. The Morgan fingerprint density at radius 3 is 1.17 bits per heavy atom. The molecular weight excluding hydrogens is 232 g/mol. The molecule has 0 aliphatic rings. The first kappa shape index (κ1) is 20.1. The average molecular weight is 264 g/mol. The molecule has 0 rings (SSSR count). The van der Waals surface area contributed by atoms with Gasteiger partial charge >= 0.3 is 0 Å². The maximum absolute atomic E-state index is 8.34. The Bertz CT molecular complexity index is 142. The molecule has 112 valence electrons. The van der Waals surface area contributed by atoms with Crippen LogP contribution in [0.1, 0.15) is 40.0 Å². The average Bonchev–Trinajstić information content (AvgIpc) is 2.39. The summed E-state index contributed by atoms with van der Waals surface area (Å²) in [6, 6.07) is 0. The third kappa shape index (κ3) is 10.9. The molecule has 0 unspecified atom stereocenters. The molecule has 0 aromatic heterocycles. The molecule has 0 fully saturated rings. The normalized spacial score (nSPS) is 11.3. The van der Waals surface area contributed by atoms with Gasteiger partial charge in [-0.1, -0.05) is 20.8 Å². The minimum absolute atomic E-state index is 0.403. The van der Waals surface area contributed by atoms with Crippen molar-refractivity contribution in [3.8, 4) is 0 Å². The molecule has 0 amide bonds. The standard InChI is InChI=1S/C9H21N.C4H11NO3/c1-4-7-10(8-5-2)9-6-3;5-4(1-6,2-7)3-8/h4-9H2,1-3H3;6-8H,1-3,5H2. The first-order valence-corrected chi connectivity index (χ1v) is 6.87. The minimum Gasteiger partial charge on any atom is -0.394 e. The van der Waals surface area contributed by atoms with Crippen molar-refractivity contribution in [2.75, 3.05) is 39.5 Å². The summed E-state index contributed by atoms with van der Waals surface area (Å²) >= 11 is 0. The summed E-state index contributed by atoms with van der Waals surface area (Å²) in [6.07, 6.45) is 3.88. The van der Waals surface area contributed by atoms with Gasteiger partial charge in [0.25, 0.3) is 0 Å². The van der Waals surface area contributed by atoms with Crippen LogP contribution in [-0.4, -0.2) is 65.2 Å². The number of rotatable bonds is 9. The van der Waals surface area contributed by atoms with Crippen LogP contribution in [0.5, 0.6) is 0 Å². The molecule has 0 atom stereocenters. The van der Waals surface area contributed by atoms with Gasteiger partial charge in [-0.15, -0.1) is 0 Å². The van der Waals surface area contributed by atoms with Gasteiger partial charge in [-0.3, -0.25) is 0 Å². The Morgan fingerprint density at radius 1 is 0.778 bits per heavy atom.